The lowest BCUT2D eigenvalue weighted by Crippen LogP contribution is -2.04. The van der Waals surface area contributed by atoms with Gasteiger partial charge in [-0.25, -0.2) is 4.79 Å². The van der Waals surface area contributed by atoms with Crippen LogP contribution in [0.2, 0.25) is 0 Å². The largest absolute Gasteiger partial charge is 0.512 e. The standard InChI is InChI=1S/C15H12O3/c16-11-14(12-7-3-1-4-8-12)18-15(17)13-9-5-2-6-10-13/h1-11,16H. The van der Waals surface area contributed by atoms with Crippen molar-refractivity contribution in [2.24, 2.45) is 0 Å². The Morgan fingerprint density at radius 1 is 0.889 bits per heavy atom. The van der Waals surface area contributed by atoms with Crippen molar-refractivity contribution in [1.82, 2.24) is 0 Å². The number of carbonyl (C=O) groups excluding carboxylic acids is 1. The fourth-order valence-electron chi connectivity index (χ4n) is 1.50. The zero-order valence-corrected chi connectivity index (χ0v) is 9.61. The minimum Gasteiger partial charge on any atom is -0.512 e. The summed E-state index contributed by atoms with van der Waals surface area (Å²) >= 11 is 0. The van der Waals surface area contributed by atoms with Gasteiger partial charge in [-0.1, -0.05) is 48.5 Å². The molecular weight excluding hydrogens is 228 g/mol. The fourth-order valence-corrected chi connectivity index (χ4v) is 1.50. The highest BCUT2D eigenvalue weighted by atomic mass is 16.5. The first-order valence-corrected chi connectivity index (χ1v) is 5.48. The number of ether oxygens (including phenoxy) is 1. The van der Waals surface area contributed by atoms with E-state index >= 15 is 0 Å². The van der Waals surface area contributed by atoms with E-state index in [1.165, 1.54) is 0 Å². The van der Waals surface area contributed by atoms with Crippen LogP contribution in [0, 0.1) is 0 Å². The Morgan fingerprint density at radius 3 is 1.89 bits per heavy atom. The van der Waals surface area contributed by atoms with Crippen molar-refractivity contribution in [3.05, 3.63) is 78.1 Å². The molecule has 0 radical (unpaired) electrons. The van der Waals surface area contributed by atoms with Crippen LogP contribution in [0.5, 0.6) is 0 Å². The molecule has 3 nitrogen and oxygen atoms in total. The summed E-state index contributed by atoms with van der Waals surface area (Å²) in [5, 5.41) is 9.14. The molecule has 0 heterocycles. The van der Waals surface area contributed by atoms with Crippen LogP contribution in [0.25, 0.3) is 5.76 Å². The first-order valence-electron chi connectivity index (χ1n) is 5.48. The third-order valence-corrected chi connectivity index (χ3v) is 2.39. The monoisotopic (exact) mass is 240 g/mol. The Hall–Kier alpha value is -2.55. The van der Waals surface area contributed by atoms with Crippen molar-refractivity contribution in [2.75, 3.05) is 0 Å². The molecule has 90 valence electrons. The van der Waals surface area contributed by atoms with Gasteiger partial charge in [-0.05, 0) is 12.1 Å². The van der Waals surface area contributed by atoms with Crippen LogP contribution in [0.3, 0.4) is 0 Å². The SMILES string of the molecule is O=C(OC(=CO)c1ccccc1)c1ccccc1. The van der Waals surface area contributed by atoms with Crippen molar-refractivity contribution < 1.29 is 14.6 Å². The van der Waals surface area contributed by atoms with E-state index in [9.17, 15) is 4.79 Å². The molecule has 0 fully saturated rings. The molecular formula is C15H12O3. The number of carbonyl (C=O) groups is 1. The molecule has 0 aliphatic carbocycles. The smallest absolute Gasteiger partial charge is 0.343 e. The van der Waals surface area contributed by atoms with Gasteiger partial charge in [0.15, 0.2) is 5.76 Å². The lowest BCUT2D eigenvalue weighted by Gasteiger charge is -2.07. The van der Waals surface area contributed by atoms with Crippen molar-refractivity contribution in [3.8, 4) is 0 Å². The van der Waals surface area contributed by atoms with Gasteiger partial charge in [0.2, 0.25) is 0 Å². The Morgan fingerprint density at radius 2 is 1.39 bits per heavy atom. The molecule has 0 aromatic heterocycles. The summed E-state index contributed by atoms with van der Waals surface area (Å²) in [4.78, 5) is 11.8. The van der Waals surface area contributed by atoms with Crippen LogP contribution in [0.15, 0.2) is 66.9 Å². The minimum absolute atomic E-state index is 0.129. The highest BCUT2D eigenvalue weighted by molar-refractivity contribution is 5.92. The molecule has 0 aliphatic heterocycles. The molecule has 0 aliphatic rings. The third kappa shape index (κ3) is 2.77. The summed E-state index contributed by atoms with van der Waals surface area (Å²) in [5.41, 5.74) is 1.08. The van der Waals surface area contributed by atoms with E-state index in [-0.39, 0.29) is 5.76 Å². The van der Waals surface area contributed by atoms with E-state index in [2.05, 4.69) is 0 Å². The minimum atomic E-state index is -0.500. The highest BCUT2D eigenvalue weighted by Gasteiger charge is 2.11. The Bertz CT molecular complexity index is 544. The molecule has 3 heteroatoms. The topological polar surface area (TPSA) is 46.5 Å². The summed E-state index contributed by atoms with van der Waals surface area (Å²) in [7, 11) is 0. The number of hydrogen-bond donors (Lipinski definition) is 1. The van der Waals surface area contributed by atoms with Crippen LogP contribution in [-0.4, -0.2) is 11.1 Å². The Balaban J connectivity index is 2.16. The van der Waals surface area contributed by atoms with Gasteiger partial charge >= 0.3 is 5.97 Å². The molecule has 2 aromatic rings. The summed E-state index contributed by atoms with van der Waals surface area (Å²) < 4.78 is 5.14. The zero-order chi connectivity index (χ0) is 12.8. The maximum atomic E-state index is 11.8. The average molecular weight is 240 g/mol. The van der Waals surface area contributed by atoms with Crippen LogP contribution >= 0.6 is 0 Å². The van der Waals surface area contributed by atoms with E-state index in [4.69, 9.17) is 9.84 Å². The van der Waals surface area contributed by atoms with Crippen LogP contribution in [0.1, 0.15) is 15.9 Å². The van der Waals surface area contributed by atoms with Gasteiger partial charge in [-0.2, -0.15) is 0 Å². The number of rotatable bonds is 3. The molecule has 2 aromatic carbocycles. The second-order valence-electron chi connectivity index (χ2n) is 3.61. The van der Waals surface area contributed by atoms with Crippen LogP contribution in [0.4, 0.5) is 0 Å². The van der Waals surface area contributed by atoms with Gasteiger partial charge < -0.3 is 9.84 Å². The van der Waals surface area contributed by atoms with Gasteiger partial charge in [0.05, 0.1) is 5.56 Å². The van der Waals surface area contributed by atoms with Gasteiger partial charge in [-0.15, -0.1) is 0 Å². The summed E-state index contributed by atoms with van der Waals surface area (Å²) in [6, 6.07) is 17.6. The molecule has 0 bridgehead atoms. The maximum absolute atomic E-state index is 11.8. The first-order chi connectivity index (χ1) is 8.81. The van der Waals surface area contributed by atoms with E-state index in [0.717, 1.165) is 6.26 Å². The van der Waals surface area contributed by atoms with Gasteiger partial charge in [-0.3, -0.25) is 0 Å². The number of esters is 1. The quantitative estimate of drug-likeness (QED) is 0.660. The van der Waals surface area contributed by atoms with Crippen LogP contribution < -0.4 is 0 Å². The van der Waals surface area contributed by atoms with E-state index in [0.29, 0.717) is 11.1 Å². The van der Waals surface area contributed by atoms with E-state index in [1.54, 1.807) is 48.5 Å². The molecule has 0 spiro atoms. The van der Waals surface area contributed by atoms with E-state index in [1.807, 2.05) is 12.1 Å². The van der Waals surface area contributed by atoms with Gasteiger partial charge in [0, 0.05) is 5.56 Å². The molecule has 0 unspecified atom stereocenters. The predicted octanol–water partition coefficient (Wildman–Crippen LogP) is 3.40. The molecule has 0 saturated carbocycles. The number of hydrogen-bond acceptors (Lipinski definition) is 3. The lowest BCUT2D eigenvalue weighted by molar-refractivity contribution is 0.0687. The van der Waals surface area contributed by atoms with E-state index < -0.39 is 5.97 Å². The van der Waals surface area contributed by atoms with Crippen molar-refractivity contribution in [2.45, 2.75) is 0 Å². The molecule has 18 heavy (non-hydrogen) atoms. The Kier molecular flexibility index (Phi) is 3.76. The Labute approximate surface area is 105 Å². The normalized spacial score (nSPS) is 11.0. The molecule has 1 N–H and O–H groups in total. The molecule has 2 rings (SSSR count). The summed E-state index contributed by atoms with van der Waals surface area (Å²) in [5.74, 6) is -0.371. The molecule has 0 amide bonds. The highest BCUT2D eigenvalue weighted by Crippen LogP contribution is 2.16. The van der Waals surface area contributed by atoms with Crippen molar-refractivity contribution in [1.29, 1.82) is 0 Å². The summed E-state index contributed by atoms with van der Waals surface area (Å²) in [6.45, 7) is 0. The number of aliphatic hydroxyl groups is 1. The van der Waals surface area contributed by atoms with Crippen molar-refractivity contribution in [3.63, 3.8) is 0 Å². The maximum Gasteiger partial charge on any atom is 0.343 e. The number of aliphatic hydroxyl groups excluding tert-OH is 1. The van der Waals surface area contributed by atoms with Crippen LogP contribution in [-0.2, 0) is 4.74 Å². The number of benzene rings is 2. The second kappa shape index (κ2) is 5.68. The average Bonchev–Trinajstić information content (AvgIpc) is 2.46. The molecule has 0 saturated heterocycles. The van der Waals surface area contributed by atoms with Crippen molar-refractivity contribution >= 4 is 11.7 Å². The van der Waals surface area contributed by atoms with Gasteiger partial charge in [0.25, 0.3) is 0 Å². The zero-order valence-electron chi connectivity index (χ0n) is 9.61. The first kappa shape index (κ1) is 11.9. The summed E-state index contributed by atoms with van der Waals surface area (Å²) in [6.07, 6.45) is 0.788. The molecule has 0 atom stereocenters. The fraction of sp³-hybridized carbons (Fsp3) is 0. The second-order valence-corrected chi connectivity index (χ2v) is 3.61. The third-order valence-electron chi connectivity index (χ3n) is 2.39. The predicted molar refractivity (Wildman–Crippen MR) is 68.9 cm³/mol. The van der Waals surface area contributed by atoms with Gasteiger partial charge in [0.1, 0.15) is 6.26 Å². The lowest BCUT2D eigenvalue weighted by atomic mass is 10.2.